The molecular formula is C33H27N5O5S. The minimum atomic E-state index is -0.696. The number of carbonyl (C=O) groups is 2. The molecule has 2 aliphatic heterocycles. The molecule has 220 valence electrons. The lowest BCUT2D eigenvalue weighted by atomic mass is 10.0. The average molecular weight is 606 g/mol. The normalized spacial score (nSPS) is 19.8. The summed E-state index contributed by atoms with van der Waals surface area (Å²) in [7, 11) is 0. The van der Waals surface area contributed by atoms with Crippen LogP contribution in [-0.4, -0.2) is 49.0 Å². The Bertz CT molecular complexity index is 1760. The van der Waals surface area contributed by atoms with E-state index in [1.807, 2.05) is 66.7 Å². The van der Waals surface area contributed by atoms with E-state index in [2.05, 4.69) is 15.5 Å². The summed E-state index contributed by atoms with van der Waals surface area (Å²) in [6, 6.07) is 31.3. The summed E-state index contributed by atoms with van der Waals surface area (Å²) in [5.74, 6) is -0.111. The van der Waals surface area contributed by atoms with Gasteiger partial charge in [-0.3, -0.25) is 9.59 Å². The van der Waals surface area contributed by atoms with Crippen molar-refractivity contribution in [3.8, 4) is 5.69 Å². The lowest BCUT2D eigenvalue weighted by Gasteiger charge is -2.36. The number of amides is 2. The zero-order valence-corrected chi connectivity index (χ0v) is 24.2. The van der Waals surface area contributed by atoms with Crippen LogP contribution in [0.5, 0.6) is 0 Å². The monoisotopic (exact) mass is 605 g/mol. The van der Waals surface area contributed by atoms with Gasteiger partial charge in [-0.05, 0) is 58.0 Å². The Labute approximate surface area is 257 Å². The van der Waals surface area contributed by atoms with Crippen LogP contribution in [-0.2, 0) is 16.1 Å². The van der Waals surface area contributed by atoms with Crippen molar-refractivity contribution in [3.05, 3.63) is 131 Å². The van der Waals surface area contributed by atoms with Crippen molar-refractivity contribution in [1.29, 1.82) is 0 Å². The van der Waals surface area contributed by atoms with Crippen molar-refractivity contribution in [2.45, 2.75) is 36.7 Å². The Hall–Kier alpha value is -4.68. The van der Waals surface area contributed by atoms with E-state index in [9.17, 15) is 14.7 Å². The van der Waals surface area contributed by atoms with E-state index < -0.39 is 6.29 Å². The molecule has 1 aromatic heterocycles. The van der Waals surface area contributed by atoms with Gasteiger partial charge in [0.15, 0.2) is 6.29 Å². The maximum Gasteiger partial charge on any atom is 0.266 e. The summed E-state index contributed by atoms with van der Waals surface area (Å²) in [6.45, 7) is -0.0353. The van der Waals surface area contributed by atoms with Crippen LogP contribution >= 0.6 is 11.8 Å². The van der Waals surface area contributed by atoms with Gasteiger partial charge in [-0.25, -0.2) is 4.90 Å². The lowest BCUT2D eigenvalue weighted by Crippen LogP contribution is -2.31. The second-order valence-electron chi connectivity index (χ2n) is 10.5. The van der Waals surface area contributed by atoms with E-state index in [0.29, 0.717) is 34.1 Å². The van der Waals surface area contributed by atoms with Gasteiger partial charge in [-0.15, -0.1) is 5.10 Å². The Morgan fingerprint density at radius 2 is 1.43 bits per heavy atom. The van der Waals surface area contributed by atoms with Crippen LogP contribution in [0.25, 0.3) is 5.69 Å². The number of aromatic nitrogens is 4. The van der Waals surface area contributed by atoms with E-state index in [-0.39, 0.29) is 30.6 Å². The molecule has 10 nitrogen and oxygen atoms in total. The fraction of sp³-hybridized carbons (Fsp3) is 0.182. The maximum atomic E-state index is 13.0. The summed E-state index contributed by atoms with van der Waals surface area (Å²) in [4.78, 5) is 27.2. The van der Waals surface area contributed by atoms with Crippen LogP contribution in [0.15, 0.2) is 108 Å². The number of rotatable bonds is 8. The maximum absolute atomic E-state index is 13.0. The van der Waals surface area contributed by atoms with E-state index >= 15 is 0 Å². The van der Waals surface area contributed by atoms with Gasteiger partial charge < -0.3 is 14.6 Å². The predicted octanol–water partition coefficient (Wildman–Crippen LogP) is 5.29. The summed E-state index contributed by atoms with van der Waals surface area (Å²) >= 11 is 1.50. The molecule has 1 N–H and O–H groups in total. The minimum Gasteiger partial charge on any atom is -0.392 e. The van der Waals surface area contributed by atoms with Crippen LogP contribution in [0.4, 0.5) is 5.69 Å². The van der Waals surface area contributed by atoms with Crippen molar-refractivity contribution in [2.75, 3.05) is 10.7 Å². The number of aliphatic hydroxyl groups is 1. The molecule has 4 aromatic carbocycles. The molecule has 3 atom stereocenters. The molecule has 0 radical (unpaired) electrons. The first-order valence-electron chi connectivity index (χ1n) is 14.1. The second-order valence-corrected chi connectivity index (χ2v) is 11.4. The summed E-state index contributed by atoms with van der Waals surface area (Å²) < 4.78 is 14.6. The highest BCUT2D eigenvalue weighted by atomic mass is 32.2. The molecule has 1 saturated heterocycles. The fourth-order valence-corrected chi connectivity index (χ4v) is 6.30. The molecule has 5 aromatic rings. The number of hydrogen-bond donors (Lipinski definition) is 1. The van der Waals surface area contributed by atoms with Crippen LogP contribution in [0.1, 0.15) is 56.2 Å². The highest BCUT2D eigenvalue weighted by molar-refractivity contribution is 7.99. The van der Waals surface area contributed by atoms with E-state index in [4.69, 9.17) is 9.47 Å². The van der Waals surface area contributed by atoms with Gasteiger partial charge in [0, 0.05) is 17.7 Å². The van der Waals surface area contributed by atoms with E-state index in [0.717, 1.165) is 22.4 Å². The zero-order valence-electron chi connectivity index (χ0n) is 23.4. The average Bonchev–Trinajstić information content (AvgIpc) is 3.66. The third-order valence-corrected chi connectivity index (χ3v) is 8.72. The SMILES string of the molecule is O=C1c2ccccc2C(=O)N1c1ccc([C@@H]2O[C@H](CSc3nnnn3-c3ccccc3)C[C@H](c3ccc(CO)cc3)O2)cc1. The van der Waals surface area contributed by atoms with E-state index in [1.165, 1.54) is 16.7 Å². The first kappa shape index (κ1) is 28.1. The molecule has 0 bridgehead atoms. The van der Waals surface area contributed by atoms with Crippen LogP contribution in [0.3, 0.4) is 0 Å². The van der Waals surface area contributed by atoms with Crippen LogP contribution in [0, 0.1) is 0 Å². The predicted molar refractivity (Wildman–Crippen MR) is 162 cm³/mol. The van der Waals surface area contributed by atoms with Crippen molar-refractivity contribution in [1.82, 2.24) is 20.2 Å². The van der Waals surface area contributed by atoms with Gasteiger partial charge in [0.1, 0.15) is 0 Å². The Morgan fingerprint density at radius 3 is 2.11 bits per heavy atom. The first-order chi connectivity index (χ1) is 21.6. The van der Waals surface area contributed by atoms with Gasteiger partial charge in [-0.2, -0.15) is 4.68 Å². The van der Waals surface area contributed by atoms with E-state index in [1.54, 1.807) is 41.1 Å². The number of aliphatic hydroxyl groups excluding tert-OH is 1. The van der Waals surface area contributed by atoms with Crippen molar-refractivity contribution in [3.63, 3.8) is 0 Å². The number of ether oxygens (including phenoxy) is 2. The molecule has 2 amide bonds. The van der Waals surface area contributed by atoms with Gasteiger partial charge in [0.25, 0.3) is 11.8 Å². The first-order valence-corrected chi connectivity index (χ1v) is 15.1. The summed E-state index contributed by atoms with van der Waals surface area (Å²) in [6.07, 6.45) is -0.577. The Kier molecular flexibility index (Phi) is 7.75. The van der Waals surface area contributed by atoms with Crippen molar-refractivity contribution >= 4 is 29.3 Å². The lowest BCUT2D eigenvalue weighted by molar-refractivity contribution is -0.245. The number of tetrazole rings is 1. The Morgan fingerprint density at radius 1 is 0.773 bits per heavy atom. The van der Waals surface area contributed by atoms with Gasteiger partial charge in [0.05, 0.1) is 41.3 Å². The largest absolute Gasteiger partial charge is 0.392 e. The smallest absolute Gasteiger partial charge is 0.266 e. The Balaban J connectivity index is 1.12. The molecule has 0 unspecified atom stereocenters. The summed E-state index contributed by atoms with van der Waals surface area (Å²) in [5, 5.41) is 22.4. The fourth-order valence-electron chi connectivity index (χ4n) is 5.39. The van der Waals surface area contributed by atoms with Gasteiger partial charge >= 0.3 is 0 Å². The number of nitrogens with zero attached hydrogens (tertiary/aromatic N) is 5. The van der Waals surface area contributed by atoms with Crippen molar-refractivity contribution < 1.29 is 24.2 Å². The quantitative estimate of drug-likeness (QED) is 0.186. The minimum absolute atomic E-state index is 0.0353. The molecule has 2 aliphatic rings. The number of benzene rings is 4. The number of para-hydroxylation sites is 1. The topological polar surface area (TPSA) is 120 Å². The highest BCUT2D eigenvalue weighted by Crippen LogP contribution is 2.40. The molecule has 0 aliphatic carbocycles. The number of carbonyl (C=O) groups excluding carboxylic acids is 2. The molecular weight excluding hydrogens is 578 g/mol. The number of hydrogen-bond acceptors (Lipinski definition) is 9. The molecule has 11 heteroatoms. The van der Waals surface area contributed by atoms with Crippen LogP contribution in [0.2, 0.25) is 0 Å². The molecule has 3 heterocycles. The number of anilines is 1. The number of imide groups is 1. The van der Waals surface area contributed by atoms with Gasteiger partial charge in [-0.1, -0.05) is 78.5 Å². The molecule has 7 rings (SSSR count). The standard InChI is InChI=1S/C33H27N5O5S/c39-19-21-10-12-22(13-11-21)29-18-26(20-44-33-34-35-36-38(33)25-6-2-1-3-7-25)42-32(43-29)23-14-16-24(17-15-23)37-30(40)27-8-4-5-9-28(27)31(37)41/h1-17,26,29,32,39H,18-20H2/t26-,29+,32+/m0/s1. The van der Waals surface area contributed by atoms with Gasteiger partial charge in [0.2, 0.25) is 5.16 Å². The second kappa shape index (κ2) is 12.1. The van der Waals surface area contributed by atoms with Crippen molar-refractivity contribution in [2.24, 2.45) is 0 Å². The molecule has 0 saturated carbocycles. The zero-order chi connectivity index (χ0) is 30.0. The third kappa shape index (κ3) is 5.42. The third-order valence-electron chi connectivity index (χ3n) is 7.67. The molecule has 44 heavy (non-hydrogen) atoms. The summed E-state index contributed by atoms with van der Waals surface area (Å²) in [5.41, 5.74) is 4.69. The highest BCUT2D eigenvalue weighted by Gasteiger charge is 2.37. The number of thioether (sulfide) groups is 1. The molecule has 0 spiro atoms. The molecule has 1 fully saturated rings. The van der Waals surface area contributed by atoms with Crippen LogP contribution < -0.4 is 4.90 Å². The number of fused-ring (bicyclic) bond motifs is 1.